The van der Waals surface area contributed by atoms with Crippen molar-refractivity contribution in [2.45, 2.75) is 25.8 Å². The zero-order chi connectivity index (χ0) is 13.6. The van der Waals surface area contributed by atoms with Gasteiger partial charge >= 0.3 is 0 Å². The molecule has 19 heavy (non-hydrogen) atoms. The van der Waals surface area contributed by atoms with Crippen molar-refractivity contribution in [1.82, 2.24) is 5.32 Å². The zero-order valence-corrected chi connectivity index (χ0v) is 12.2. The SMILES string of the molecule is Cc1ccc(N2CC(=O)NC(C3CC3)C2=O)cc1Br. The molecule has 1 aromatic carbocycles. The van der Waals surface area contributed by atoms with E-state index in [0.29, 0.717) is 5.92 Å². The maximum absolute atomic E-state index is 12.4. The lowest BCUT2D eigenvalue weighted by atomic mass is 10.1. The summed E-state index contributed by atoms with van der Waals surface area (Å²) in [4.78, 5) is 25.8. The number of carbonyl (C=O) groups excluding carboxylic acids is 2. The van der Waals surface area contributed by atoms with Crippen molar-refractivity contribution in [3.63, 3.8) is 0 Å². The minimum Gasteiger partial charge on any atom is -0.342 e. The highest BCUT2D eigenvalue weighted by Crippen LogP contribution is 2.35. The summed E-state index contributed by atoms with van der Waals surface area (Å²) < 4.78 is 0.951. The Morgan fingerprint density at radius 1 is 1.32 bits per heavy atom. The number of piperazine rings is 1. The molecule has 2 aliphatic rings. The number of aryl methyl sites for hydroxylation is 1. The van der Waals surface area contributed by atoms with Crippen LogP contribution in [0.5, 0.6) is 0 Å². The molecule has 0 bridgehead atoms. The molecule has 1 N–H and O–H groups in total. The van der Waals surface area contributed by atoms with Crippen LogP contribution in [0.25, 0.3) is 0 Å². The first-order valence-corrected chi connectivity index (χ1v) is 7.22. The molecule has 1 unspecified atom stereocenters. The third-order valence-electron chi connectivity index (χ3n) is 3.71. The lowest BCUT2D eigenvalue weighted by Crippen LogP contribution is -2.59. The van der Waals surface area contributed by atoms with E-state index < -0.39 is 0 Å². The van der Waals surface area contributed by atoms with Crippen molar-refractivity contribution >= 4 is 33.4 Å². The first-order chi connectivity index (χ1) is 9.06. The molecule has 2 fully saturated rings. The number of halogens is 1. The maximum atomic E-state index is 12.4. The van der Waals surface area contributed by atoms with Gasteiger partial charge in [0.25, 0.3) is 0 Å². The fourth-order valence-electron chi connectivity index (χ4n) is 2.39. The van der Waals surface area contributed by atoms with E-state index in [1.807, 2.05) is 25.1 Å². The Morgan fingerprint density at radius 3 is 2.68 bits per heavy atom. The van der Waals surface area contributed by atoms with Crippen LogP contribution in [-0.4, -0.2) is 24.4 Å². The van der Waals surface area contributed by atoms with Crippen molar-refractivity contribution < 1.29 is 9.59 Å². The van der Waals surface area contributed by atoms with Crippen molar-refractivity contribution in [3.05, 3.63) is 28.2 Å². The second-order valence-corrected chi connectivity index (χ2v) is 6.09. The van der Waals surface area contributed by atoms with E-state index in [9.17, 15) is 9.59 Å². The van der Waals surface area contributed by atoms with Gasteiger partial charge in [-0.3, -0.25) is 9.59 Å². The molecule has 1 saturated heterocycles. The van der Waals surface area contributed by atoms with Crippen LogP contribution in [0.3, 0.4) is 0 Å². The first kappa shape index (κ1) is 12.7. The van der Waals surface area contributed by atoms with E-state index in [4.69, 9.17) is 0 Å². The number of rotatable bonds is 2. The second-order valence-electron chi connectivity index (χ2n) is 5.24. The van der Waals surface area contributed by atoms with Crippen LogP contribution in [0.2, 0.25) is 0 Å². The molecule has 1 atom stereocenters. The van der Waals surface area contributed by atoms with Gasteiger partial charge in [-0.2, -0.15) is 0 Å². The van der Waals surface area contributed by atoms with Crippen LogP contribution in [0.15, 0.2) is 22.7 Å². The number of hydrogen-bond acceptors (Lipinski definition) is 2. The molecule has 1 aromatic rings. The third-order valence-corrected chi connectivity index (χ3v) is 4.57. The monoisotopic (exact) mass is 322 g/mol. The summed E-state index contributed by atoms with van der Waals surface area (Å²) >= 11 is 3.47. The predicted octanol–water partition coefficient (Wildman–Crippen LogP) is 2.00. The van der Waals surface area contributed by atoms with E-state index in [1.54, 1.807) is 4.90 Å². The normalized spacial score (nSPS) is 23.5. The van der Waals surface area contributed by atoms with Gasteiger partial charge in [0, 0.05) is 10.2 Å². The molecule has 100 valence electrons. The summed E-state index contributed by atoms with van der Waals surface area (Å²) in [6.45, 7) is 2.10. The fourth-order valence-corrected chi connectivity index (χ4v) is 2.75. The average Bonchev–Trinajstić information content (AvgIpc) is 3.19. The van der Waals surface area contributed by atoms with Gasteiger partial charge in [-0.15, -0.1) is 0 Å². The summed E-state index contributed by atoms with van der Waals surface area (Å²) in [5, 5.41) is 2.81. The summed E-state index contributed by atoms with van der Waals surface area (Å²) in [5.41, 5.74) is 1.89. The van der Waals surface area contributed by atoms with Gasteiger partial charge < -0.3 is 10.2 Å². The number of nitrogens with zero attached hydrogens (tertiary/aromatic N) is 1. The van der Waals surface area contributed by atoms with E-state index >= 15 is 0 Å². The lowest BCUT2D eigenvalue weighted by Gasteiger charge is -2.32. The topological polar surface area (TPSA) is 49.4 Å². The standard InChI is InChI=1S/C14H15BrN2O2/c1-8-2-5-10(6-11(8)15)17-7-12(18)16-13(14(17)19)9-3-4-9/h2,5-6,9,13H,3-4,7H2,1H3,(H,16,18). The molecule has 5 heteroatoms. The smallest absolute Gasteiger partial charge is 0.250 e. The fraction of sp³-hybridized carbons (Fsp3) is 0.429. The number of anilines is 1. The van der Waals surface area contributed by atoms with Crippen molar-refractivity contribution in [2.75, 3.05) is 11.4 Å². The molecule has 1 saturated carbocycles. The van der Waals surface area contributed by atoms with Crippen LogP contribution in [0.4, 0.5) is 5.69 Å². The summed E-state index contributed by atoms with van der Waals surface area (Å²) in [5.74, 6) is 0.263. The van der Waals surface area contributed by atoms with Gasteiger partial charge in [0.1, 0.15) is 12.6 Å². The molecular formula is C14H15BrN2O2. The minimum absolute atomic E-state index is 0.0119. The van der Waals surface area contributed by atoms with Crippen LogP contribution < -0.4 is 10.2 Å². The van der Waals surface area contributed by atoms with Crippen LogP contribution in [0.1, 0.15) is 18.4 Å². The molecule has 2 amide bonds. The largest absolute Gasteiger partial charge is 0.342 e. The maximum Gasteiger partial charge on any atom is 0.250 e. The molecule has 0 aromatic heterocycles. The Morgan fingerprint density at radius 2 is 2.05 bits per heavy atom. The molecule has 0 spiro atoms. The number of nitrogens with one attached hydrogen (secondary N) is 1. The highest BCUT2D eigenvalue weighted by atomic mass is 79.9. The zero-order valence-electron chi connectivity index (χ0n) is 10.6. The Hall–Kier alpha value is -1.36. The Labute approximate surface area is 120 Å². The molecule has 1 heterocycles. The average molecular weight is 323 g/mol. The molecule has 0 radical (unpaired) electrons. The van der Waals surface area contributed by atoms with Crippen molar-refractivity contribution in [3.8, 4) is 0 Å². The molecular weight excluding hydrogens is 308 g/mol. The van der Waals surface area contributed by atoms with Gasteiger partial charge in [-0.1, -0.05) is 22.0 Å². The number of hydrogen-bond donors (Lipinski definition) is 1. The Kier molecular flexibility index (Phi) is 3.09. The van der Waals surface area contributed by atoms with Crippen LogP contribution in [0, 0.1) is 12.8 Å². The third kappa shape index (κ3) is 2.39. The highest BCUT2D eigenvalue weighted by Gasteiger charge is 2.43. The molecule has 4 nitrogen and oxygen atoms in total. The Bertz CT molecular complexity index is 554. The van der Waals surface area contributed by atoms with E-state index in [1.165, 1.54) is 0 Å². The van der Waals surface area contributed by atoms with Crippen LogP contribution >= 0.6 is 15.9 Å². The minimum atomic E-state index is -0.332. The first-order valence-electron chi connectivity index (χ1n) is 6.43. The van der Waals surface area contributed by atoms with Crippen molar-refractivity contribution in [1.29, 1.82) is 0 Å². The lowest BCUT2D eigenvalue weighted by molar-refractivity contribution is -0.131. The van der Waals surface area contributed by atoms with Crippen molar-refractivity contribution in [2.24, 2.45) is 5.92 Å². The number of amides is 2. The van der Waals surface area contributed by atoms with Gasteiger partial charge in [-0.25, -0.2) is 0 Å². The van der Waals surface area contributed by atoms with Gasteiger partial charge in [-0.05, 0) is 43.4 Å². The van der Waals surface area contributed by atoms with E-state index in [0.717, 1.165) is 28.6 Å². The predicted molar refractivity (Wildman–Crippen MR) is 75.9 cm³/mol. The molecule has 1 aliphatic carbocycles. The van der Waals surface area contributed by atoms with Gasteiger partial charge in [0.05, 0.1) is 0 Å². The number of carbonyl (C=O) groups is 2. The Balaban J connectivity index is 1.91. The summed E-state index contributed by atoms with van der Waals surface area (Å²) in [6, 6.07) is 5.41. The van der Waals surface area contributed by atoms with Gasteiger partial charge in [0.15, 0.2) is 0 Å². The quantitative estimate of drug-likeness (QED) is 0.905. The van der Waals surface area contributed by atoms with E-state index in [-0.39, 0.29) is 24.4 Å². The molecule has 3 rings (SSSR count). The van der Waals surface area contributed by atoms with Gasteiger partial charge in [0.2, 0.25) is 11.8 Å². The summed E-state index contributed by atoms with van der Waals surface area (Å²) in [7, 11) is 0. The second kappa shape index (κ2) is 4.63. The van der Waals surface area contributed by atoms with E-state index in [2.05, 4.69) is 21.2 Å². The summed E-state index contributed by atoms with van der Waals surface area (Å²) in [6.07, 6.45) is 2.06. The highest BCUT2D eigenvalue weighted by molar-refractivity contribution is 9.10. The number of benzene rings is 1. The molecule has 1 aliphatic heterocycles. The van der Waals surface area contributed by atoms with Crippen LogP contribution in [-0.2, 0) is 9.59 Å².